The van der Waals surface area contributed by atoms with Crippen LogP contribution in [0.2, 0.25) is 0 Å². The maximum Gasteiger partial charge on any atom is 0.404 e. The molecule has 0 radical (unpaired) electrons. The highest BCUT2D eigenvalue weighted by Gasteiger charge is 2.53. The highest BCUT2D eigenvalue weighted by molar-refractivity contribution is 5.99. The highest BCUT2D eigenvalue weighted by atomic mass is 16.7. The molecule has 0 bridgehead atoms. The predicted molar refractivity (Wildman–Crippen MR) is 163 cm³/mol. The first-order valence-corrected chi connectivity index (χ1v) is 14.4. The van der Waals surface area contributed by atoms with E-state index in [9.17, 15) is 24.6 Å². The number of primary amides is 1. The molecule has 1 saturated heterocycles. The van der Waals surface area contributed by atoms with Gasteiger partial charge in [-0.25, -0.2) is 9.59 Å². The lowest BCUT2D eigenvalue weighted by Crippen LogP contribution is -2.65. The summed E-state index contributed by atoms with van der Waals surface area (Å²) in [6.45, 7) is 4.94. The van der Waals surface area contributed by atoms with Crippen LogP contribution in [0.25, 0.3) is 11.0 Å². The molecule has 1 amide bonds. The van der Waals surface area contributed by atoms with Crippen molar-refractivity contribution in [1.29, 1.82) is 0 Å². The summed E-state index contributed by atoms with van der Waals surface area (Å²) in [5.41, 5.74) is 5.89. The van der Waals surface area contributed by atoms with Gasteiger partial charge in [-0.2, -0.15) is 0 Å². The Balaban J connectivity index is 1.39. The topological polar surface area (TPSA) is 168 Å². The number of hydrogen-bond donors (Lipinski definition) is 3. The van der Waals surface area contributed by atoms with Gasteiger partial charge in [-0.3, -0.25) is 4.79 Å². The van der Waals surface area contributed by atoms with E-state index in [0.717, 1.165) is 11.1 Å². The van der Waals surface area contributed by atoms with Crippen LogP contribution in [-0.4, -0.2) is 59.4 Å². The van der Waals surface area contributed by atoms with Crippen LogP contribution >= 0.6 is 0 Å². The van der Waals surface area contributed by atoms with E-state index in [1.54, 1.807) is 39.0 Å². The van der Waals surface area contributed by atoms with Crippen LogP contribution in [0, 0.1) is 6.92 Å². The molecule has 0 spiro atoms. The predicted octanol–water partition coefficient (Wildman–Crippen LogP) is 4.18. The molecule has 236 valence electrons. The van der Waals surface area contributed by atoms with Gasteiger partial charge in [0.25, 0.3) is 0 Å². The summed E-state index contributed by atoms with van der Waals surface area (Å²) in [5, 5.41) is 22.3. The number of carbonyl (C=O) groups excluding carboxylic acids is 2. The third-order valence-electron chi connectivity index (χ3n) is 7.94. The van der Waals surface area contributed by atoms with Gasteiger partial charge in [0.2, 0.25) is 6.29 Å². The summed E-state index contributed by atoms with van der Waals surface area (Å²) < 4.78 is 28.1. The number of aromatic hydroxyl groups is 1. The molecule has 3 aromatic carbocycles. The number of carbonyl (C=O) groups is 2. The zero-order chi connectivity index (χ0) is 32.5. The van der Waals surface area contributed by atoms with Gasteiger partial charge in [-0.1, -0.05) is 48.5 Å². The van der Waals surface area contributed by atoms with Crippen LogP contribution in [0.3, 0.4) is 0 Å². The molecule has 11 heteroatoms. The normalized spacial score (nSPS) is 20.9. The number of fused-ring (bicyclic) bond motifs is 1. The lowest BCUT2D eigenvalue weighted by Gasteiger charge is -2.47. The first kappa shape index (κ1) is 31.7. The molecule has 5 rings (SSSR count). The van der Waals surface area contributed by atoms with Crippen molar-refractivity contribution < 1.29 is 43.2 Å². The fourth-order valence-electron chi connectivity index (χ4n) is 5.71. The van der Waals surface area contributed by atoms with Crippen LogP contribution in [0.5, 0.6) is 11.5 Å². The molecule has 0 aliphatic carbocycles. The molecule has 0 unspecified atom stereocenters. The molecular formula is C34H35NO10. The van der Waals surface area contributed by atoms with E-state index in [4.69, 9.17) is 29.1 Å². The molecule has 4 aromatic rings. The molecule has 4 N–H and O–H groups in total. The Labute approximate surface area is 259 Å². The summed E-state index contributed by atoms with van der Waals surface area (Å²) in [6, 6.07) is 20.0. The number of amides is 1. The largest absolute Gasteiger partial charge is 0.507 e. The molecule has 0 saturated carbocycles. The van der Waals surface area contributed by atoms with Crippen molar-refractivity contribution in [2.24, 2.45) is 5.73 Å². The standard InChI is InChI=1S/C34H35NO10/c1-18-25(42-32-27(38)29(44-33(35)40)30(41-4)34(2,3)45-32)14-13-22-26(37)23(31(39)43-28(18)22)17-24(36)21-12-8-11-20(16-21)15-19-9-6-5-7-10-19/h5-14,16,27,29-30,32,37-38H,15,17H2,1-4H3,(H2,35,40)/t27-,29+,30-,32-/m1/s1. The van der Waals surface area contributed by atoms with Crippen molar-refractivity contribution in [3.05, 3.63) is 105 Å². The fraction of sp³-hybridized carbons (Fsp3) is 0.324. The van der Waals surface area contributed by atoms with Gasteiger partial charge >= 0.3 is 11.7 Å². The summed E-state index contributed by atoms with van der Waals surface area (Å²) in [7, 11) is 1.38. The Bertz CT molecular complexity index is 1780. The average Bonchev–Trinajstić information content (AvgIpc) is 2.99. The zero-order valence-electron chi connectivity index (χ0n) is 25.3. The third-order valence-corrected chi connectivity index (χ3v) is 7.94. The van der Waals surface area contributed by atoms with Crippen molar-refractivity contribution in [3.63, 3.8) is 0 Å². The first-order valence-electron chi connectivity index (χ1n) is 14.4. The highest BCUT2D eigenvalue weighted by Crippen LogP contribution is 2.37. The van der Waals surface area contributed by atoms with Gasteiger partial charge in [0.1, 0.15) is 23.2 Å². The van der Waals surface area contributed by atoms with Crippen molar-refractivity contribution in [3.8, 4) is 11.5 Å². The molecule has 1 aliphatic heterocycles. The summed E-state index contributed by atoms with van der Waals surface area (Å²) in [4.78, 5) is 37.8. The quantitative estimate of drug-likeness (QED) is 0.183. The summed E-state index contributed by atoms with van der Waals surface area (Å²) in [6.07, 6.45) is -5.72. The Hall–Kier alpha value is -4.71. The Morgan fingerprint density at radius 1 is 1.02 bits per heavy atom. The molecule has 45 heavy (non-hydrogen) atoms. The van der Waals surface area contributed by atoms with Gasteiger partial charge in [0.05, 0.1) is 16.6 Å². The van der Waals surface area contributed by atoms with Crippen molar-refractivity contribution in [2.75, 3.05) is 7.11 Å². The molecule has 2 heterocycles. The lowest BCUT2D eigenvalue weighted by atomic mass is 9.89. The second-order valence-corrected chi connectivity index (χ2v) is 11.5. The maximum absolute atomic E-state index is 13.2. The number of Topliss-reactive ketones (excluding diaryl/α,β-unsaturated/α-hetero) is 1. The van der Waals surface area contributed by atoms with E-state index < -0.39 is 41.9 Å². The summed E-state index contributed by atoms with van der Waals surface area (Å²) in [5.74, 6) is -0.563. The van der Waals surface area contributed by atoms with E-state index >= 15 is 0 Å². The van der Waals surface area contributed by atoms with Gasteiger partial charge in [-0.05, 0) is 56.5 Å². The molecular weight excluding hydrogens is 582 g/mol. The van der Waals surface area contributed by atoms with Gasteiger partial charge in [0.15, 0.2) is 18.0 Å². The Morgan fingerprint density at radius 2 is 1.73 bits per heavy atom. The Kier molecular flexibility index (Phi) is 8.96. The van der Waals surface area contributed by atoms with E-state index in [1.807, 2.05) is 36.4 Å². The van der Waals surface area contributed by atoms with Crippen LogP contribution in [0.1, 0.15) is 46.5 Å². The minimum absolute atomic E-state index is 0.0281. The molecule has 4 atom stereocenters. The number of aliphatic hydroxyl groups is 1. The minimum atomic E-state index is -1.49. The number of ether oxygens (including phenoxy) is 4. The number of aryl methyl sites for hydroxylation is 1. The smallest absolute Gasteiger partial charge is 0.404 e. The van der Waals surface area contributed by atoms with E-state index in [-0.39, 0.29) is 40.2 Å². The fourth-order valence-corrected chi connectivity index (χ4v) is 5.71. The van der Waals surface area contributed by atoms with Gasteiger partial charge < -0.3 is 39.3 Å². The number of benzene rings is 3. The second-order valence-electron chi connectivity index (χ2n) is 11.5. The average molecular weight is 618 g/mol. The molecule has 1 aliphatic rings. The van der Waals surface area contributed by atoms with Crippen LogP contribution in [0.4, 0.5) is 4.79 Å². The number of methoxy groups -OCH3 is 1. The number of aliphatic hydroxyl groups excluding tert-OH is 1. The zero-order valence-corrected chi connectivity index (χ0v) is 25.3. The van der Waals surface area contributed by atoms with Crippen LogP contribution in [0.15, 0.2) is 75.9 Å². The Morgan fingerprint density at radius 3 is 2.42 bits per heavy atom. The molecule has 1 fully saturated rings. The van der Waals surface area contributed by atoms with Gasteiger partial charge in [-0.15, -0.1) is 0 Å². The van der Waals surface area contributed by atoms with Crippen molar-refractivity contribution >= 4 is 22.8 Å². The minimum Gasteiger partial charge on any atom is -0.507 e. The maximum atomic E-state index is 13.2. The van der Waals surface area contributed by atoms with E-state index in [1.165, 1.54) is 19.2 Å². The number of rotatable bonds is 9. The van der Waals surface area contributed by atoms with Crippen molar-refractivity contribution in [1.82, 2.24) is 0 Å². The second kappa shape index (κ2) is 12.7. The number of nitrogens with two attached hydrogens (primary N) is 1. The third kappa shape index (κ3) is 6.56. The van der Waals surface area contributed by atoms with E-state index in [2.05, 4.69) is 0 Å². The first-order chi connectivity index (χ1) is 21.4. The summed E-state index contributed by atoms with van der Waals surface area (Å²) >= 11 is 0. The molecule has 11 nitrogen and oxygen atoms in total. The van der Waals surface area contributed by atoms with Crippen molar-refractivity contribution in [2.45, 2.75) is 63.8 Å². The lowest BCUT2D eigenvalue weighted by molar-refractivity contribution is -0.304. The number of ketones is 1. The van der Waals surface area contributed by atoms with E-state index in [0.29, 0.717) is 17.5 Å². The van der Waals surface area contributed by atoms with Gasteiger partial charge in [0, 0.05) is 24.7 Å². The monoisotopic (exact) mass is 617 g/mol. The van der Waals surface area contributed by atoms with Crippen LogP contribution in [-0.2, 0) is 27.1 Å². The molecule has 1 aromatic heterocycles. The number of hydrogen-bond acceptors (Lipinski definition) is 10. The van der Waals surface area contributed by atoms with Crippen LogP contribution < -0.4 is 16.1 Å². The SMILES string of the molecule is CO[C@@H]1[C@@H](OC(N)=O)[C@@H](O)[C@H](Oc2ccc3c(O)c(CC(=O)c4cccc(Cc5ccccc5)c4)c(=O)oc3c2C)OC1(C)C.